The number of hydrogen-bond donors (Lipinski definition) is 0. The molecule has 1 heterocycles. The number of carbonyl (C=O) groups is 1. The molecule has 0 unspecified atom stereocenters. The first-order valence-electron chi connectivity index (χ1n) is 3.95. The summed E-state index contributed by atoms with van der Waals surface area (Å²) in [6.07, 6.45) is 6.68. The molecule has 3 nitrogen and oxygen atoms in total. The smallest absolute Gasteiger partial charge is 0.186 e. The molecule has 1 rings (SSSR count). The average molecular weight is 229 g/mol. The number of aromatic nitrogens is 2. The fourth-order valence-corrected chi connectivity index (χ4v) is 1.36. The number of rotatable bonds is 3. The Hall–Kier alpha value is -0.870. The lowest BCUT2D eigenvalue weighted by Gasteiger charge is -1.94. The second kappa shape index (κ2) is 5.78. The van der Waals surface area contributed by atoms with Gasteiger partial charge in [0.05, 0.1) is 0 Å². The van der Waals surface area contributed by atoms with Gasteiger partial charge in [0, 0.05) is 24.4 Å². The molecule has 0 radical (unpaired) electrons. The molecule has 14 heavy (non-hydrogen) atoms. The van der Waals surface area contributed by atoms with Crippen molar-refractivity contribution in [1.29, 1.82) is 0 Å². The van der Waals surface area contributed by atoms with E-state index in [1.165, 1.54) is 25.0 Å². The molecule has 0 bridgehead atoms. The summed E-state index contributed by atoms with van der Waals surface area (Å²) >= 11 is 7.04. The molecule has 5 heteroatoms. The van der Waals surface area contributed by atoms with E-state index in [-0.39, 0.29) is 5.12 Å². The Kier molecular flexibility index (Phi) is 4.62. The predicted octanol–water partition coefficient (Wildman–Crippen LogP) is 2.42. The van der Waals surface area contributed by atoms with Crippen LogP contribution in [0, 0.1) is 0 Å². The summed E-state index contributed by atoms with van der Waals surface area (Å²) in [7, 11) is 0. The minimum Gasteiger partial charge on any atom is -0.288 e. The molecule has 0 aliphatic carbocycles. The molecular formula is C9H9ClN2OS. The minimum atomic E-state index is 0.102. The number of nitrogens with zero attached hydrogens (tertiary/aromatic N) is 2. The Morgan fingerprint density at radius 1 is 1.71 bits per heavy atom. The van der Waals surface area contributed by atoms with Gasteiger partial charge in [0.25, 0.3) is 0 Å². The van der Waals surface area contributed by atoms with Crippen LogP contribution in [0.5, 0.6) is 0 Å². The molecule has 0 saturated carbocycles. The van der Waals surface area contributed by atoms with E-state index in [4.69, 9.17) is 11.6 Å². The lowest BCUT2D eigenvalue weighted by molar-refractivity contribution is -0.109. The van der Waals surface area contributed by atoms with Crippen LogP contribution in [0.2, 0.25) is 5.15 Å². The molecule has 74 valence electrons. The zero-order valence-electron chi connectivity index (χ0n) is 7.61. The number of thioether (sulfide) groups is 1. The van der Waals surface area contributed by atoms with Gasteiger partial charge in [-0.15, -0.1) is 0 Å². The van der Waals surface area contributed by atoms with Gasteiger partial charge >= 0.3 is 0 Å². The van der Waals surface area contributed by atoms with Gasteiger partial charge in [-0.2, -0.15) is 0 Å². The third-order valence-corrected chi connectivity index (χ3v) is 2.45. The van der Waals surface area contributed by atoms with Crippen molar-refractivity contribution in [1.82, 2.24) is 9.97 Å². The predicted molar refractivity (Wildman–Crippen MR) is 59.2 cm³/mol. The van der Waals surface area contributed by atoms with Gasteiger partial charge in [-0.1, -0.05) is 35.5 Å². The number of hydrogen-bond acceptors (Lipinski definition) is 4. The molecule has 0 amide bonds. The highest BCUT2D eigenvalue weighted by atomic mass is 35.5. The normalized spacial score (nSPS) is 10.7. The zero-order chi connectivity index (χ0) is 10.4. The van der Waals surface area contributed by atoms with Crippen molar-refractivity contribution in [3.05, 3.63) is 29.3 Å². The molecule has 0 saturated heterocycles. The largest absolute Gasteiger partial charge is 0.288 e. The van der Waals surface area contributed by atoms with Crippen LogP contribution in [0.4, 0.5) is 0 Å². The first kappa shape index (κ1) is 11.2. The van der Waals surface area contributed by atoms with Crippen LogP contribution in [0.15, 0.2) is 18.6 Å². The van der Waals surface area contributed by atoms with Crippen molar-refractivity contribution >= 4 is 34.6 Å². The van der Waals surface area contributed by atoms with Gasteiger partial charge in [0.1, 0.15) is 11.5 Å². The third kappa shape index (κ3) is 3.89. The zero-order valence-corrected chi connectivity index (χ0v) is 9.18. The van der Waals surface area contributed by atoms with E-state index in [1.807, 2.05) is 6.08 Å². The Labute approximate surface area is 91.6 Å². The lowest BCUT2D eigenvalue weighted by Crippen LogP contribution is -1.84. The maximum Gasteiger partial charge on any atom is 0.186 e. The first-order valence-corrected chi connectivity index (χ1v) is 5.32. The maximum atomic E-state index is 10.6. The van der Waals surface area contributed by atoms with Crippen molar-refractivity contribution in [2.45, 2.75) is 6.92 Å². The summed E-state index contributed by atoms with van der Waals surface area (Å²) in [6, 6.07) is 0. The summed E-state index contributed by atoms with van der Waals surface area (Å²) in [6.45, 7) is 1.54. The fourth-order valence-electron chi connectivity index (χ4n) is 0.778. The summed E-state index contributed by atoms with van der Waals surface area (Å²) in [5.74, 6) is 0.639. The third-order valence-electron chi connectivity index (χ3n) is 1.37. The van der Waals surface area contributed by atoms with E-state index >= 15 is 0 Å². The molecule has 0 N–H and O–H groups in total. The number of carbonyl (C=O) groups excluding carboxylic acids is 1. The summed E-state index contributed by atoms with van der Waals surface area (Å²) in [4.78, 5) is 18.3. The van der Waals surface area contributed by atoms with Crippen LogP contribution in [0.3, 0.4) is 0 Å². The highest BCUT2D eigenvalue weighted by Crippen LogP contribution is 2.12. The second-order valence-electron chi connectivity index (χ2n) is 2.47. The second-order valence-corrected chi connectivity index (χ2v) is 4.03. The standard InChI is InChI=1S/C9H9ClN2OS/c1-7(13)14-4-2-3-8-5-11-6-12-9(8)10/h2-3,5-6H,4H2,1H3. The quantitative estimate of drug-likeness (QED) is 0.746. The average Bonchev–Trinajstić information content (AvgIpc) is 2.15. The molecule has 0 spiro atoms. The van der Waals surface area contributed by atoms with E-state index < -0.39 is 0 Å². The van der Waals surface area contributed by atoms with Crippen LogP contribution >= 0.6 is 23.4 Å². The lowest BCUT2D eigenvalue weighted by atomic mass is 10.3. The van der Waals surface area contributed by atoms with E-state index in [0.29, 0.717) is 10.9 Å². The van der Waals surface area contributed by atoms with Gasteiger partial charge in [-0.25, -0.2) is 9.97 Å². The fraction of sp³-hybridized carbons (Fsp3) is 0.222. The van der Waals surface area contributed by atoms with Crippen molar-refractivity contribution in [3.8, 4) is 0 Å². The SMILES string of the molecule is CC(=O)SCC=Cc1cncnc1Cl. The van der Waals surface area contributed by atoms with Crippen LogP contribution in [0.1, 0.15) is 12.5 Å². The van der Waals surface area contributed by atoms with E-state index in [0.717, 1.165) is 5.56 Å². The van der Waals surface area contributed by atoms with Crippen molar-refractivity contribution in [2.75, 3.05) is 5.75 Å². The van der Waals surface area contributed by atoms with Gasteiger partial charge in [0.15, 0.2) is 5.12 Å². The molecule has 0 aliphatic rings. The van der Waals surface area contributed by atoms with Gasteiger partial charge < -0.3 is 0 Å². The molecule has 0 atom stereocenters. The summed E-state index contributed by atoms with van der Waals surface area (Å²) in [5, 5.41) is 0.522. The van der Waals surface area contributed by atoms with E-state index in [1.54, 1.807) is 12.3 Å². The minimum absolute atomic E-state index is 0.102. The van der Waals surface area contributed by atoms with E-state index in [2.05, 4.69) is 9.97 Å². The molecule has 0 aromatic carbocycles. The Balaban J connectivity index is 2.52. The Bertz CT molecular complexity index is 354. The Morgan fingerprint density at radius 3 is 3.14 bits per heavy atom. The van der Waals surface area contributed by atoms with Crippen LogP contribution < -0.4 is 0 Å². The van der Waals surface area contributed by atoms with E-state index in [9.17, 15) is 4.79 Å². The van der Waals surface area contributed by atoms with Crippen LogP contribution in [-0.4, -0.2) is 20.8 Å². The van der Waals surface area contributed by atoms with Gasteiger partial charge in [-0.3, -0.25) is 4.79 Å². The van der Waals surface area contributed by atoms with Crippen LogP contribution in [0.25, 0.3) is 6.08 Å². The topological polar surface area (TPSA) is 42.9 Å². The maximum absolute atomic E-state index is 10.6. The van der Waals surface area contributed by atoms with Gasteiger partial charge in [0.2, 0.25) is 0 Å². The van der Waals surface area contributed by atoms with Crippen molar-refractivity contribution < 1.29 is 4.79 Å². The Morgan fingerprint density at radius 2 is 2.50 bits per heavy atom. The highest BCUT2D eigenvalue weighted by Gasteiger charge is 1.95. The summed E-state index contributed by atoms with van der Waals surface area (Å²) in [5.41, 5.74) is 0.762. The summed E-state index contributed by atoms with van der Waals surface area (Å²) < 4.78 is 0. The number of halogens is 1. The van der Waals surface area contributed by atoms with Crippen molar-refractivity contribution in [3.63, 3.8) is 0 Å². The highest BCUT2D eigenvalue weighted by molar-refractivity contribution is 8.13. The molecule has 0 fully saturated rings. The molecule has 1 aromatic heterocycles. The first-order chi connectivity index (χ1) is 6.70. The van der Waals surface area contributed by atoms with Crippen molar-refractivity contribution in [2.24, 2.45) is 0 Å². The molecular weight excluding hydrogens is 220 g/mol. The van der Waals surface area contributed by atoms with Crippen LogP contribution in [-0.2, 0) is 4.79 Å². The van der Waals surface area contributed by atoms with Gasteiger partial charge in [-0.05, 0) is 0 Å². The monoisotopic (exact) mass is 228 g/mol. The molecule has 1 aromatic rings. The molecule has 0 aliphatic heterocycles.